The number of para-hydroxylation sites is 3. The van der Waals surface area contributed by atoms with Crippen LogP contribution < -0.4 is 0 Å². The molecule has 11 aromatic carbocycles. The Balaban J connectivity index is 1.12. The van der Waals surface area contributed by atoms with Crippen molar-refractivity contribution in [1.82, 2.24) is 24.1 Å². The molecule has 6 heteroatoms. The summed E-state index contributed by atoms with van der Waals surface area (Å²) in [6.07, 6.45) is 0. The summed E-state index contributed by atoms with van der Waals surface area (Å²) < 4.78 is 4.79. The van der Waals surface area contributed by atoms with Gasteiger partial charge in [0.15, 0.2) is 23.2 Å². The summed E-state index contributed by atoms with van der Waals surface area (Å²) in [5.74, 6) is 1.66. The van der Waals surface area contributed by atoms with Gasteiger partial charge >= 0.3 is 0 Å². The maximum atomic E-state index is 8.29. The smallest absolute Gasteiger partial charge is 0.194 e. The van der Waals surface area contributed by atoms with Crippen molar-refractivity contribution < 1.29 is 0 Å². The van der Waals surface area contributed by atoms with Crippen molar-refractivity contribution in [3.63, 3.8) is 0 Å². The zero-order valence-electron chi connectivity index (χ0n) is 41.1. The van der Waals surface area contributed by atoms with Gasteiger partial charge < -0.3 is 9.13 Å². The van der Waals surface area contributed by atoms with Crippen molar-refractivity contribution in [3.05, 3.63) is 278 Å². The van der Waals surface area contributed by atoms with Gasteiger partial charge in [-0.05, 0) is 93.5 Å². The first kappa shape index (κ1) is 44.2. The summed E-state index contributed by atoms with van der Waals surface area (Å²) in [4.78, 5) is 20.3. The number of rotatable bonds is 9. The third kappa shape index (κ3) is 7.54. The van der Waals surface area contributed by atoms with Crippen LogP contribution >= 0.6 is 0 Å². The summed E-state index contributed by atoms with van der Waals surface area (Å²) in [7, 11) is 0. The lowest BCUT2D eigenvalue weighted by Gasteiger charge is -2.21. The van der Waals surface area contributed by atoms with E-state index < -0.39 is 0 Å². The molecule has 0 atom stereocenters. The Hall–Kier alpha value is -10.5. The predicted octanol–water partition coefficient (Wildman–Crippen LogP) is 18.3. The summed E-state index contributed by atoms with van der Waals surface area (Å²) in [5.41, 5.74) is 17.6. The Morgan fingerprint density at radius 1 is 0.276 bits per heavy atom. The molecule has 14 aromatic rings. The highest BCUT2D eigenvalue weighted by Crippen LogP contribution is 2.46. The van der Waals surface area contributed by atoms with Crippen molar-refractivity contribution in [2.75, 3.05) is 0 Å². The van der Waals surface area contributed by atoms with Crippen LogP contribution in [0.4, 0.5) is 5.69 Å². The van der Waals surface area contributed by atoms with Gasteiger partial charge in [-0.3, -0.25) is 0 Å². The average Bonchev–Trinajstić information content (AvgIpc) is 4.12. The van der Waals surface area contributed by atoms with Crippen LogP contribution in [0, 0.1) is 6.57 Å². The second-order valence-electron chi connectivity index (χ2n) is 19.0. The first-order valence-electron chi connectivity index (χ1n) is 25.5. The lowest BCUT2D eigenvalue weighted by molar-refractivity contribution is 1.06. The highest BCUT2D eigenvalue weighted by Gasteiger charge is 2.26. The van der Waals surface area contributed by atoms with Crippen LogP contribution in [0.2, 0.25) is 0 Å². The summed E-state index contributed by atoms with van der Waals surface area (Å²) >= 11 is 0. The fourth-order valence-corrected chi connectivity index (χ4v) is 11.1. The van der Waals surface area contributed by atoms with E-state index in [9.17, 15) is 0 Å². The number of fused-ring (bicyclic) bond motifs is 6. The normalized spacial score (nSPS) is 11.4. The highest BCUT2D eigenvalue weighted by atomic mass is 15.1. The molecular formula is C70H44N6. The number of hydrogen-bond acceptors (Lipinski definition) is 3. The second-order valence-corrected chi connectivity index (χ2v) is 19.0. The fourth-order valence-electron chi connectivity index (χ4n) is 11.1. The molecule has 0 aliphatic rings. The minimum Gasteiger partial charge on any atom is -0.309 e. The molecule has 0 N–H and O–H groups in total. The van der Waals surface area contributed by atoms with Crippen LogP contribution in [0.25, 0.3) is 139 Å². The molecule has 0 unspecified atom stereocenters. The molecule has 354 valence electrons. The van der Waals surface area contributed by atoms with Gasteiger partial charge in [0.1, 0.15) is 0 Å². The van der Waals surface area contributed by atoms with E-state index in [1.807, 2.05) is 60.7 Å². The van der Waals surface area contributed by atoms with E-state index in [0.29, 0.717) is 23.2 Å². The second kappa shape index (κ2) is 18.5. The molecule has 0 aliphatic carbocycles. The zero-order valence-corrected chi connectivity index (χ0v) is 41.1. The summed E-state index contributed by atoms with van der Waals surface area (Å²) in [5, 5.41) is 4.57. The van der Waals surface area contributed by atoms with Gasteiger partial charge in [0.2, 0.25) is 0 Å². The van der Waals surface area contributed by atoms with E-state index in [1.54, 1.807) is 0 Å². The van der Waals surface area contributed by atoms with E-state index in [2.05, 4.69) is 220 Å². The van der Waals surface area contributed by atoms with Crippen LogP contribution in [0.5, 0.6) is 0 Å². The molecule has 0 spiro atoms. The minimum atomic E-state index is 0.526. The standard InChI is InChI=1S/C70H44N6/c1-71-60-33-17-14-29-53(60)52-39-42-65(75-61-34-18-15-30-54(61)57-43-50(37-40-63(57)75)46-21-6-2-7-22-46)59(45-52)56-32-20-36-66(67(56)70-73-68(48-25-10-4-11-26-48)72-69(74-70)49-27-12-5-13-28-49)76-62-35-19-16-31-55(62)58-44-51(38-41-64(58)76)47-23-8-3-9-24-47/h2-45H. The Bertz CT molecular complexity index is 4510. The maximum absolute atomic E-state index is 8.29. The van der Waals surface area contributed by atoms with E-state index in [0.717, 1.165) is 116 Å². The molecule has 6 nitrogen and oxygen atoms in total. The van der Waals surface area contributed by atoms with Crippen molar-refractivity contribution in [3.8, 4) is 90.0 Å². The van der Waals surface area contributed by atoms with Gasteiger partial charge in [-0.2, -0.15) is 0 Å². The largest absolute Gasteiger partial charge is 0.309 e. The first-order valence-corrected chi connectivity index (χ1v) is 25.5. The lowest BCUT2D eigenvalue weighted by Crippen LogP contribution is -2.06. The van der Waals surface area contributed by atoms with Crippen molar-refractivity contribution in [2.45, 2.75) is 0 Å². The lowest BCUT2D eigenvalue weighted by atomic mass is 9.92. The van der Waals surface area contributed by atoms with Crippen LogP contribution in [-0.4, -0.2) is 24.1 Å². The van der Waals surface area contributed by atoms with Crippen molar-refractivity contribution in [1.29, 1.82) is 0 Å². The number of benzene rings is 11. The molecule has 0 bridgehead atoms. The van der Waals surface area contributed by atoms with Gasteiger partial charge in [0, 0.05) is 38.2 Å². The van der Waals surface area contributed by atoms with Crippen molar-refractivity contribution in [2.24, 2.45) is 0 Å². The van der Waals surface area contributed by atoms with Gasteiger partial charge in [0.05, 0.1) is 45.6 Å². The molecule has 0 aliphatic heterocycles. The molecule has 0 radical (unpaired) electrons. The Kier molecular flexibility index (Phi) is 10.8. The van der Waals surface area contributed by atoms with E-state index in [-0.39, 0.29) is 0 Å². The zero-order chi connectivity index (χ0) is 50.5. The summed E-state index contributed by atoms with van der Waals surface area (Å²) in [6, 6.07) is 93.5. The van der Waals surface area contributed by atoms with Gasteiger partial charge in [0.25, 0.3) is 0 Å². The molecule has 14 rings (SSSR count). The van der Waals surface area contributed by atoms with Crippen LogP contribution in [0.15, 0.2) is 267 Å². The van der Waals surface area contributed by atoms with Gasteiger partial charge in [-0.1, -0.05) is 212 Å². The van der Waals surface area contributed by atoms with Gasteiger partial charge in [-0.25, -0.2) is 19.8 Å². The molecule has 0 saturated heterocycles. The number of aromatic nitrogens is 5. The molecular weight excluding hydrogens is 925 g/mol. The summed E-state index contributed by atoms with van der Waals surface area (Å²) in [6.45, 7) is 8.29. The van der Waals surface area contributed by atoms with Crippen LogP contribution in [0.3, 0.4) is 0 Å². The van der Waals surface area contributed by atoms with E-state index in [1.165, 1.54) is 0 Å². The Morgan fingerprint density at radius 3 is 1.26 bits per heavy atom. The average molecular weight is 969 g/mol. The minimum absolute atomic E-state index is 0.526. The molecule has 3 aromatic heterocycles. The van der Waals surface area contributed by atoms with E-state index >= 15 is 0 Å². The molecule has 76 heavy (non-hydrogen) atoms. The maximum Gasteiger partial charge on any atom is 0.194 e. The number of nitrogens with zero attached hydrogens (tertiary/aromatic N) is 6. The third-order valence-corrected chi connectivity index (χ3v) is 14.6. The molecule has 3 heterocycles. The predicted molar refractivity (Wildman–Crippen MR) is 313 cm³/mol. The van der Waals surface area contributed by atoms with Crippen LogP contribution in [0.1, 0.15) is 0 Å². The Morgan fingerprint density at radius 2 is 0.711 bits per heavy atom. The topological polar surface area (TPSA) is 52.9 Å². The monoisotopic (exact) mass is 968 g/mol. The SMILES string of the molecule is [C-]#[N+]c1ccccc1-c1ccc(-n2c3ccccc3c3cc(-c4ccccc4)ccc32)c(-c2cccc(-n3c4ccccc4c4cc(-c5ccccc5)ccc43)c2-c2nc(-c3ccccc3)nc(-c3ccccc3)n2)c1. The molecule has 0 amide bonds. The molecule has 0 saturated carbocycles. The van der Waals surface area contributed by atoms with E-state index in [4.69, 9.17) is 21.5 Å². The Labute approximate surface area is 439 Å². The quantitative estimate of drug-likeness (QED) is 0.135. The third-order valence-electron chi connectivity index (χ3n) is 14.6. The van der Waals surface area contributed by atoms with Crippen LogP contribution in [-0.2, 0) is 0 Å². The van der Waals surface area contributed by atoms with Crippen molar-refractivity contribution >= 4 is 49.3 Å². The highest BCUT2D eigenvalue weighted by molar-refractivity contribution is 6.13. The molecule has 0 fully saturated rings. The first-order chi connectivity index (χ1) is 37.7. The number of hydrogen-bond donors (Lipinski definition) is 0. The fraction of sp³-hybridized carbons (Fsp3) is 0. The van der Waals surface area contributed by atoms with Gasteiger partial charge in [-0.15, -0.1) is 0 Å².